The van der Waals surface area contributed by atoms with Gasteiger partial charge in [-0.25, -0.2) is 4.79 Å². The Bertz CT molecular complexity index is 719. The predicted molar refractivity (Wildman–Crippen MR) is 90.2 cm³/mol. The van der Waals surface area contributed by atoms with Crippen molar-refractivity contribution in [1.82, 2.24) is 0 Å². The van der Waals surface area contributed by atoms with Crippen LogP contribution in [-0.4, -0.2) is 31.2 Å². The summed E-state index contributed by atoms with van der Waals surface area (Å²) in [6, 6.07) is 14.5. The SMILES string of the molecule is COC(=O)C(C[C@@H](Oc1ccccc1OC)c1ccccc1)[N+](=O)[O-]. The monoisotopic (exact) mass is 345 g/mol. The molecule has 0 aliphatic rings. The Morgan fingerprint density at radius 3 is 2.20 bits per heavy atom. The molecule has 0 N–H and O–H groups in total. The van der Waals surface area contributed by atoms with Crippen LogP contribution in [0.25, 0.3) is 0 Å². The lowest BCUT2D eigenvalue weighted by atomic mass is 10.0. The lowest BCUT2D eigenvalue weighted by Crippen LogP contribution is -2.33. The summed E-state index contributed by atoms with van der Waals surface area (Å²) in [4.78, 5) is 22.4. The lowest BCUT2D eigenvalue weighted by Gasteiger charge is -2.21. The van der Waals surface area contributed by atoms with Crippen molar-refractivity contribution in [2.24, 2.45) is 0 Å². The van der Waals surface area contributed by atoms with Gasteiger partial charge in [-0.15, -0.1) is 0 Å². The maximum atomic E-state index is 11.8. The van der Waals surface area contributed by atoms with E-state index in [1.54, 1.807) is 48.5 Å². The largest absolute Gasteiger partial charge is 0.493 e. The Labute approximate surface area is 145 Å². The number of carbonyl (C=O) groups excluding carboxylic acids is 1. The minimum absolute atomic E-state index is 0.165. The van der Waals surface area contributed by atoms with Gasteiger partial charge in [0.05, 0.1) is 20.6 Å². The van der Waals surface area contributed by atoms with Crippen LogP contribution in [0, 0.1) is 10.1 Å². The first-order valence-electron chi connectivity index (χ1n) is 7.62. The summed E-state index contributed by atoms with van der Waals surface area (Å²) < 4.78 is 15.8. The first-order valence-corrected chi connectivity index (χ1v) is 7.62. The number of carbonyl (C=O) groups is 1. The fourth-order valence-corrected chi connectivity index (χ4v) is 2.40. The van der Waals surface area contributed by atoms with Crippen LogP contribution in [0.2, 0.25) is 0 Å². The van der Waals surface area contributed by atoms with E-state index in [0.29, 0.717) is 17.1 Å². The van der Waals surface area contributed by atoms with Gasteiger partial charge in [0.2, 0.25) is 0 Å². The Morgan fingerprint density at radius 1 is 1.04 bits per heavy atom. The molecule has 2 aromatic carbocycles. The van der Waals surface area contributed by atoms with Gasteiger partial charge in [-0.2, -0.15) is 0 Å². The fraction of sp³-hybridized carbons (Fsp3) is 0.278. The molecule has 25 heavy (non-hydrogen) atoms. The van der Waals surface area contributed by atoms with Gasteiger partial charge in [-0.1, -0.05) is 42.5 Å². The molecular weight excluding hydrogens is 326 g/mol. The van der Waals surface area contributed by atoms with Gasteiger partial charge in [0.1, 0.15) is 6.10 Å². The van der Waals surface area contributed by atoms with E-state index >= 15 is 0 Å². The summed E-state index contributed by atoms with van der Waals surface area (Å²) >= 11 is 0. The molecule has 1 unspecified atom stereocenters. The fourth-order valence-electron chi connectivity index (χ4n) is 2.40. The third-order valence-corrected chi connectivity index (χ3v) is 3.67. The first kappa shape index (κ1) is 18.3. The molecule has 0 aliphatic carbocycles. The van der Waals surface area contributed by atoms with Crippen LogP contribution in [0.5, 0.6) is 11.5 Å². The zero-order valence-electron chi connectivity index (χ0n) is 14.0. The van der Waals surface area contributed by atoms with E-state index in [2.05, 4.69) is 4.74 Å². The number of rotatable bonds is 8. The van der Waals surface area contributed by atoms with Crippen molar-refractivity contribution < 1.29 is 23.9 Å². The van der Waals surface area contributed by atoms with Crippen molar-refractivity contribution in [1.29, 1.82) is 0 Å². The first-order chi connectivity index (χ1) is 12.1. The number of hydrogen-bond acceptors (Lipinski definition) is 6. The molecule has 2 aromatic rings. The summed E-state index contributed by atoms with van der Waals surface area (Å²) in [6.07, 6.45) is -0.881. The second kappa shape index (κ2) is 8.68. The Kier molecular flexibility index (Phi) is 6.33. The number of hydrogen-bond donors (Lipinski definition) is 0. The molecule has 0 fully saturated rings. The Hall–Kier alpha value is -3.09. The van der Waals surface area contributed by atoms with Crippen molar-refractivity contribution in [3.63, 3.8) is 0 Å². The maximum Gasteiger partial charge on any atom is 0.381 e. The smallest absolute Gasteiger partial charge is 0.381 e. The molecule has 7 heteroatoms. The van der Waals surface area contributed by atoms with E-state index in [4.69, 9.17) is 9.47 Å². The average Bonchev–Trinajstić information content (AvgIpc) is 2.65. The van der Waals surface area contributed by atoms with E-state index in [1.807, 2.05) is 6.07 Å². The highest BCUT2D eigenvalue weighted by molar-refractivity contribution is 5.74. The number of nitro groups is 1. The lowest BCUT2D eigenvalue weighted by molar-refractivity contribution is -0.512. The minimum atomic E-state index is -1.52. The van der Waals surface area contributed by atoms with Gasteiger partial charge in [-0.05, 0) is 17.7 Å². The molecule has 2 atom stereocenters. The molecule has 0 spiro atoms. The second-order valence-electron chi connectivity index (χ2n) is 5.23. The molecular formula is C18H19NO6. The minimum Gasteiger partial charge on any atom is -0.493 e. The molecule has 132 valence electrons. The quantitative estimate of drug-likeness (QED) is 0.415. The normalized spacial score (nSPS) is 12.7. The number of benzene rings is 2. The Morgan fingerprint density at radius 2 is 1.64 bits per heavy atom. The van der Waals surface area contributed by atoms with Crippen LogP contribution < -0.4 is 9.47 Å². The van der Waals surface area contributed by atoms with Gasteiger partial charge in [0.15, 0.2) is 11.5 Å². The third-order valence-electron chi connectivity index (χ3n) is 3.67. The highest BCUT2D eigenvalue weighted by Gasteiger charge is 2.35. The van der Waals surface area contributed by atoms with Gasteiger partial charge in [0, 0.05) is 4.92 Å². The van der Waals surface area contributed by atoms with E-state index in [-0.39, 0.29) is 6.42 Å². The summed E-state index contributed by atoms with van der Waals surface area (Å²) in [6.45, 7) is 0. The van der Waals surface area contributed by atoms with E-state index in [1.165, 1.54) is 7.11 Å². The van der Waals surface area contributed by atoms with E-state index in [9.17, 15) is 14.9 Å². The third kappa shape index (κ3) is 4.69. The van der Waals surface area contributed by atoms with Gasteiger partial charge < -0.3 is 14.2 Å². The molecule has 0 aromatic heterocycles. The molecule has 0 bridgehead atoms. The summed E-state index contributed by atoms with van der Waals surface area (Å²) in [5.41, 5.74) is 0.712. The van der Waals surface area contributed by atoms with Crippen LogP contribution in [0.15, 0.2) is 54.6 Å². The standard InChI is InChI=1S/C18H19NO6/c1-23-15-10-6-7-11-16(15)25-17(13-8-4-3-5-9-13)12-14(19(21)22)18(20)24-2/h3-11,14,17H,12H2,1-2H3/t14?,17-/m1/s1. The topological polar surface area (TPSA) is 87.9 Å². The molecule has 2 rings (SSSR count). The van der Waals surface area contributed by atoms with Gasteiger partial charge in [-0.3, -0.25) is 10.1 Å². The molecule has 0 radical (unpaired) electrons. The molecule has 0 saturated heterocycles. The van der Waals surface area contributed by atoms with Gasteiger partial charge in [0.25, 0.3) is 0 Å². The predicted octanol–water partition coefficient (Wildman–Crippen LogP) is 3.02. The van der Waals surface area contributed by atoms with Crippen LogP contribution in [0.1, 0.15) is 18.1 Å². The highest BCUT2D eigenvalue weighted by atomic mass is 16.6. The van der Waals surface area contributed by atoms with E-state index < -0.39 is 23.0 Å². The zero-order valence-corrected chi connectivity index (χ0v) is 14.0. The number of methoxy groups -OCH3 is 2. The molecule has 0 saturated carbocycles. The van der Waals surface area contributed by atoms with Crippen LogP contribution >= 0.6 is 0 Å². The van der Waals surface area contributed by atoms with Crippen LogP contribution in [0.3, 0.4) is 0 Å². The molecule has 0 heterocycles. The summed E-state index contributed by atoms with van der Waals surface area (Å²) in [5.74, 6) is 0.0273. The Balaban J connectivity index is 2.33. The number of para-hydroxylation sites is 2. The second-order valence-corrected chi connectivity index (χ2v) is 5.23. The summed E-state index contributed by atoms with van der Waals surface area (Å²) in [7, 11) is 2.63. The van der Waals surface area contributed by atoms with E-state index in [0.717, 1.165) is 7.11 Å². The van der Waals surface area contributed by atoms with Crippen molar-refractivity contribution in [2.45, 2.75) is 18.6 Å². The average molecular weight is 345 g/mol. The molecule has 0 aliphatic heterocycles. The van der Waals surface area contributed by atoms with Crippen LogP contribution in [-0.2, 0) is 9.53 Å². The zero-order chi connectivity index (χ0) is 18.2. The number of esters is 1. The molecule has 0 amide bonds. The van der Waals surface area contributed by atoms with Crippen molar-refractivity contribution in [3.8, 4) is 11.5 Å². The number of nitrogens with zero attached hydrogens (tertiary/aromatic N) is 1. The van der Waals surface area contributed by atoms with Crippen LogP contribution in [0.4, 0.5) is 0 Å². The van der Waals surface area contributed by atoms with Gasteiger partial charge >= 0.3 is 12.0 Å². The molecule has 7 nitrogen and oxygen atoms in total. The highest BCUT2D eigenvalue weighted by Crippen LogP contribution is 2.33. The van der Waals surface area contributed by atoms with Crippen molar-refractivity contribution in [3.05, 3.63) is 70.3 Å². The van der Waals surface area contributed by atoms with Crippen molar-refractivity contribution >= 4 is 5.97 Å². The number of ether oxygens (including phenoxy) is 3. The van der Waals surface area contributed by atoms with Crippen molar-refractivity contribution in [2.75, 3.05) is 14.2 Å². The maximum absolute atomic E-state index is 11.8. The summed E-state index contributed by atoms with van der Waals surface area (Å²) in [5, 5.41) is 11.3.